The van der Waals surface area contributed by atoms with Crippen molar-refractivity contribution < 1.29 is 0 Å². The zero-order chi connectivity index (χ0) is 12.0. The molecule has 0 aromatic heterocycles. The van der Waals surface area contributed by atoms with Crippen LogP contribution in [0, 0.1) is 0 Å². The van der Waals surface area contributed by atoms with Crippen LogP contribution >= 0.6 is 23.2 Å². The lowest BCUT2D eigenvalue weighted by molar-refractivity contribution is 1.37. The molecule has 0 atom stereocenters. The van der Waals surface area contributed by atoms with Crippen molar-refractivity contribution in [3.63, 3.8) is 0 Å². The Morgan fingerprint density at radius 2 is 1.82 bits per heavy atom. The molecule has 84 valence electrons. The fourth-order valence-corrected chi connectivity index (χ4v) is 2.23. The summed E-state index contributed by atoms with van der Waals surface area (Å²) in [4.78, 5) is 15.0. The largest absolute Gasteiger partial charge is 0.354 e. The third kappa shape index (κ3) is 1.70. The number of benzene rings is 2. The highest BCUT2D eigenvalue weighted by molar-refractivity contribution is 6.31. The van der Waals surface area contributed by atoms with Crippen molar-refractivity contribution in [3.8, 4) is 11.3 Å². The van der Waals surface area contributed by atoms with Crippen LogP contribution in [-0.4, -0.2) is 4.98 Å². The number of aromatic nitrogens is 1. The molecule has 0 unspecified atom stereocenters. The Hall–Kier alpha value is -1.51. The lowest BCUT2D eigenvalue weighted by Gasteiger charge is -2.08. The first-order chi connectivity index (χ1) is 8.15. The van der Waals surface area contributed by atoms with Gasteiger partial charge < -0.3 is 4.98 Å². The fourth-order valence-electron chi connectivity index (χ4n) is 1.89. The Balaban J connectivity index is 2.49. The molecule has 0 spiro atoms. The highest BCUT2D eigenvalue weighted by Gasteiger charge is 2.10. The normalized spacial score (nSPS) is 11.2. The summed E-state index contributed by atoms with van der Waals surface area (Å²) in [6.45, 7) is 0. The third-order valence-corrected chi connectivity index (χ3v) is 3.27. The van der Waals surface area contributed by atoms with Crippen molar-refractivity contribution in [1.29, 1.82) is 0 Å². The van der Waals surface area contributed by atoms with E-state index in [0.717, 1.165) is 16.6 Å². The first-order valence-electron chi connectivity index (χ1n) is 5.06. The number of hydrogen-bond acceptors (Lipinski definition) is 1. The van der Waals surface area contributed by atoms with Gasteiger partial charge in [-0.3, -0.25) is 4.79 Å². The van der Waals surface area contributed by atoms with Crippen LogP contribution in [0.1, 0.15) is 0 Å². The van der Waals surface area contributed by atoms with Crippen LogP contribution in [0.15, 0.2) is 41.2 Å². The van der Waals surface area contributed by atoms with E-state index in [0.29, 0.717) is 10.6 Å². The molecule has 1 aliphatic heterocycles. The second-order valence-electron chi connectivity index (χ2n) is 3.84. The van der Waals surface area contributed by atoms with Gasteiger partial charge in [0.1, 0.15) is 0 Å². The Kier molecular flexibility index (Phi) is 2.35. The maximum atomic E-state index is 11.9. The molecule has 1 N–H and O–H groups in total. The lowest BCUT2D eigenvalue weighted by atomic mass is 10.1. The highest BCUT2D eigenvalue weighted by Crippen LogP contribution is 2.25. The maximum absolute atomic E-state index is 11.9. The van der Waals surface area contributed by atoms with Crippen molar-refractivity contribution >= 4 is 34.1 Å². The topological polar surface area (TPSA) is 32.9 Å². The Bertz CT molecular complexity index is 748. The highest BCUT2D eigenvalue weighted by atomic mass is 35.5. The Morgan fingerprint density at radius 3 is 2.65 bits per heavy atom. The van der Waals surface area contributed by atoms with Crippen LogP contribution in [0.2, 0.25) is 10.0 Å². The van der Waals surface area contributed by atoms with E-state index in [4.69, 9.17) is 23.2 Å². The summed E-state index contributed by atoms with van der Waals surface area (Å²) in [6.07, 6.45) is 0. The third-order valence-electron chi connectivity index (χ3n) is 2.73. The van der Waals surface area contributed by atoms with Gasteiger partial charge in [0.25, 0.3) is 0 Å². The van der Waals surface area contributed by atoms with Gasteiger partial charge in [0.05, 0.1) is 5.02 Å². The number of rotatable bonds is 0. The van der Waals surface area contributed by atoms with Gasteiger partial charge in [-0.25, -0.2) is 0 Å². The van der Waals surface area contributed by atoms with Crippen LogP contribution in [0.3, 0.4) is 0 Å². The summed E-state index contributed by atoms with van der Waals surface area (Å²) < 4.78 is 0. The molecule has 0 saturated carbocycles. The summed E-state index contributed by atoms with van der Waals surface area (Å²) in [5.74, 6) is 0. The van der Waals surface area contributed by atoms with E-state index >= 15 is 0 Å². The Labute approximate surface area is 107 Å². The van der Waals surface area contributed by atoms with Crippen molar-refractivity contribution in [3.05, 3.63) is 56.7 Å². The van der Waals surface area contributed by atoms with Crippen LogP contribution in [-0.2, 0) is 0 Å². The molecule has 0 radical (unpaired) electrons. The van der Waals surface area contributed by atoms with Crippen LogP contribution in [0.5, 0.6) is 0 Å². The van der Waals surface area contributed by atoms with Crippen LogP contribution in [0.25, 0.3) is 22.2 Å². The smallest absolute Gasteiger partial charge is 0.206 e. The number of H-pyrrole nitrogens is 1. The molecule has 17 heavy (non-hydrogen) atoms. The monoisotopic (exact) mass is 263 g/mol. The van der Waals surface area contributed by atoms with Crippen molar-refractivity contribution in [2.24, 2.45) is 0 Å². The second kappa shape index (κ2) is 3.76. The maximum Gasteiger partial charge on any atom is 0.206 e. The Morgan fingerprint density at radius 1 is 1.00 bits per heavy atom. The molecular weight excluding hydrogens is 257 g/mol. The van der Waals surface area contributed by atoms with E-state index in [-0.39, 0.29) is 10.5 Å². The minimum atomic E-state index is -0.155. The van der Waals surface area contributed by atoms with Gasteiger partial charge in [-0.15, -0.1) is 0 Å². The summed E-state index contributed by atoms with van der Waals surface area (Å²) in [7, 11) is 0. The molecule has 1 heterocycles. The lowest BCUT2D eigenvalue weighted by Crippen LogP contribution is -2.07. The zero-order valence-electron chi connectivity index (χ0n) is 8.63. The van der Waals surface area contributed by atoms with Crippen molar-refractivity contribution in [2.75, 3.05) is 0 Å². The average Bonchev–Trinajstić information content (AvgIpc) is 2.32. The second-order valence-corrected chi connectivity index (χ2v) is 4.68. The minimum Gasteiger partial charge on any atom is -0.354 e. The predicted molar refractivity (Wildman–Crippen MR) is 71.2 cm³/mol. The molecule has 2 nitrogen and oxygen atoms in total. The molecule has 4 heteroatoms. The molecule has 0 bridgehead atoms. The van der Waals surface area contributed by atoms with Gasteiger partial charge in [0.15, 0.2) is 0 Å². The number of pyridine rings is 1. The van der Waals surface area contributed by atoms with Gasteiger partial charge in [0.2, 0.25) is 5.43 Å². The fraction of sp³-hybridized carbons (Fsp3) is 0. The van der Waals surface area contributed by atoms with E-state index in [1.165, 1.54) is 0 Å². The first kappa shape index (κ1) is 10.6. The van der Waals surface area contributed by atoms with E-state index in [2.05, 4.69) is 4.98 Å². The SMILES string of the molecule is O=c1c(Cl)ccc2[nH]c3cc(Cl)ccc3cc1-2. The summed E-state index contributed by atoms with van der Waals surface area (Å²) >= 11 is 11.7. The summed E-state index contributed by atoms with van der Waals surface area (Å²) in [5.41, 5.74) is 2.09. The minimum absolute atomic E-state index is 0.155. The van der Waals surface area contributed by atoms with Gasteiger partial charge in [-0.05, 0) is 35.7 Å². The number of fused-ring (bicyclic) bond motifs is 2. The molecular formula is C13H7Cl2NO. The van der Waals surface area contributed by atoms with Gasteiger partial charge in [-0.2, -0.15) is 0 Å². The first-order valence-corrected chi connectivity index (χ1v) is 5.81. The van der Waals surface area contributed by atoms with Gasteiger partial charge >= 0.3 is 0 Å². The molecule has 1 aliphatic carbocycles. The summed E-state index contributed by atoms with van der Waals surface area (Å²) in [5, 5.41) is 1.82. The standard InChI is InChI=1S/C13H7Cl2NO/c14-8-2-1-7-5-9-11(16-12(7)6-8)4-3-10(15)13(9)17/h1-6,16H. The molecule has 0 fully saturated rings. The molecule has 1 aromatic rings. The quantitative estimate of drug-likeness (QED) is 0.613. The molecule has 1 aromatic carbocycles. The van der Waals surface area contributed by atoms with Crippen LogP contribution in [0.4, 0.5) is 0 Å². The van der Waals surface area contributed by atoms with E-state index in [9.17, 15) is 4.79 Å². The number of halogens is 2. The van der Waals surface area contributed by atoms with E-state index in [1.54, 1.807) is 18.2 Å². The van der Waals surface area contributed by atoms with Crippen LogP contribution < -0.4 is 5.43 Å². The number of nitrogens with one attached hydrogen (secondary N) is 1. The zero-order valence-corrected chi connectivity index (χ0v) is 10.1. The van der Waals surface area contributed by atoms with Gasteiger partial charge in [0, 0.05) is 21.8 Å². The van der Waals surface area contributed by atoms with Crippen molar-refractivity contribution in [2.45, 2.75) is 0 Å². The summed E-state index contributed by atoms with van der Waals surface area (Å²) in [6, 6.07) is 10.7. The molecule has 0 saturated heterocycles. The molecule has 3 rings (SSSR count). The van der Waals surface area contributed by atoms with Gasteiger partial charge in [-0.1, -0.05) is 29.3 Å². The van der Waals surface area contributed by atoms with Crippen molar-refractivity contribution in [1.82, 2.24) is 4.98 Å². The van der Waals surface area contributed by atoms with E-state index in [1.807, 2.05) is 18.2 Å². The number of aromatic amines is 1. The van der Waals surface area contributed by atoms with E-state index < -0.39 is 0 Å². The molecule has 0 amide bonds. The predicted octanol–water partition coefficient (Wildman–Crippen LogP) is 3.94. The average molecular weight is 264 g/mol. The number of hydrogen-bond donors (Lipinski definition) is 1. The molecule has 2 aliphatic rings.